The van der Waals surface area contributed by atoms with Gasteiger partial charge in [0.1, 0.15) is 5.82 Å². The number of benzene rings is 1. The van der Waals surface area contributed by atoms with E-state index in [1.165, 1.54) is 6.42 Å². The molecule has 18 heavy (non-hydrogen) atoms. The van der Waals surface area contributed by atoms with Crippen LogP contribution < -0.4 is 5.73 Å². The van der Waals surface area contributed by atoms with Crippen molar-refractivity contribution >= 4 is 0 Å². The van der Waals surface area contributed by atoms with Crippen LogP contribution in [-0.2, 0) is 5.54 Å². The standard InChI is InChI=1S/C16H24FN/c1-4-13-5-7-16(18,8-6-13)15-12(3)9-11(2)10-14(15)17/h9-10,13H,4-8,18H2,1-3H3. The van der Waals surface area contributed by atoms with Gasteiger partial charge in [0.2, 0.25) is 0 Å². The summed E-state index contributed by atoms with van der Waals surface area (Å²) in [6.45, 7) is 6.13. The van der Waals surface area contributed by atoms with Gasteiger partial charge in [-0.3, -0.25) is 0 Å². The van der Waals surface area contributed by atoms with E-state index in [1.807, 2.05) is 19.9 Å². The van der Waals surface area contributed by atoms with E-state index < -0.39 is 5.54 Å². The predicted octanol–water partition coefficient (Wildman–Crippen LogP) is 4.20. The molecule has 0 radical (unpaired) electrons. The van der Waals surface area contributed by atoms with Gasteiger partial charge in [-0.1, -0.05) is 19.4 Å². The van der Waals surface area contributed by atoms with E-state index in [9.17, 15) is 4.39 Å². The molecule has 0 saturated heterocycles. The maximum Gasteiger partial charge on any atom is 0.128 e. The number of hydrogen-bond acceptors (Lipinski definition) is 1. The Morgan fingerprint density at radius 2 is 1.89 bits per heavy atom. The Hall–Kier alpha value is -0.890. The van der Waals surface area contributed by atoms with Crippen LogP contribution in [0.15, 0.2) is 12.1 Å². The average molecular weight is 249 g/mol. The zero-order valence-electron chi connectivity index (χ0n) is 11.7. The summed E-state index contributed by atoms with van der Waals surface area (Å²) in [5.74, 6) is 0.653. The smallest absolute Gasteiger partial charge is 0.128 e. The van der Waals surface area contributed by atoms with Gasteiger partial charge in [0, 0.05) is 11.1 Å². The molecule has 2 N–H and O–H groups in total. The molecule has 0 bridgehead atoms. The molecular formula is C16H24FN. The molecule has 1 aromatic carbocycles. The molecule has 1 saturated carbocycles. The van der Waals surface area contributed by atoms with Gasteiger partial charge in [-0.15, -0.1) is 0 Å². The van der Waals surface area contributed by atoms with Gasteiger partial charge in [-0.2, -0.15) is 0 Å². The zero-order valence-corrected chi connectivity index (χ0v) is 11.7. The van der Waals surface area contributed by atoms with E-state index in [2.05, 4.69) is 6.92 Å². The maximum absolute atomic E-state index is 14.2. The second kappa shape index (κ2) is 5.00. The fraction of sp³-hybridized carbons (Fsp3) is 0.625. The van der Waals surface area contributed by atoms with E-state index in [1.54, 1.807) is 6.07 Å². The summed E-state index contributed by atoms with van der Waals surface area (Å²) in [7, 11) is 0. The largest absolute Gasteiger partial charge is 0.321 e. The molecule has 0 amide bonds. The average Bonchev–Trinajstić information content (AvgIpc) is 2.28. The Bertz CT molecular complexity index is 408. The highest BCUT2D eigenvalue weighted by atomic mass is 19.1. The molecule has 1 aliphatic rings. The number of hydrogen-bond donors (Lipinski definition) is 1. The van der Waals surface area contributed by atoms with Crippen molar-refractivity contribution < 1.29 is 4.39 Å². The van der Waals surface area contributed by atoms with Crippen LogP contribution >= 0.6 is 0 Å². The summed E-state index contributed by atoms with van der Waals surface area (Å²) in [4.78, 5) is 0. The normalized spacial score (nSPS) is 28.4. The summed E-state index contributed by atoms with van der Waals surface area (Å²) in [5.41, 5.74) is 8.79. The quantitative estimate of drug-likeness (QED) is 0.835. The van der Waals surface area contributed by atoms with Crippen molar-refractivity contribution in [2.75, 3.05) is 0 Å². The topological polar surface area (TPSA) is 26.0 Å². The Morgan fingerprint density at radius 3 is 2.39 bits per heavy atom. The fourth-order valence-electron chi connectivity index (χ4n) is 3.40. The lowest BCUT2D eigenvalue weighted by atomic mass is 9.71. The lowest BCUT2D eigenvalue weighted by Crippen LogP contribution is -2.41. The fourth-order valence-corrected chi connectivity index (χ4v) is 3.40. The van der Waals surface area contributed by atoms with Crippen molar-refractivity contribution in [2.45, 2.75) is 58.4 Å². The van der Waals surface area contributed by atoms with E-state index in [0.717, 1.165) is 48.3 Å². The minimum Gasteiger partial charge on any atom is -0.321 e. The Kier molecular flexibility index (Phi) is 3.76. The van der Waals surface area contributed by atoms with Gasteiger partial charge in [-0.25, -0.2) is 4.39 Å². The summed E-state index contributed by atoms with van der Waals surface area (Å²) in [5, 5.41) is 0. The van der Waals surface area contributed by atoms with Gasteiger partial charge in [0.25, 0.3) is 0 Å². The van der Waals surface area contributed by atoms with Gasteiger partial charge in [0.05, 0.1) is 0 Å². The molecule has 0 aliphatic heterocycles. The highest BCUT2D eigenvalue weighted by Gasteiger charge is 2.35. The van der Waals surface area contributed by atoms with Crippen LogP contribution in [0.25, 0.3) is 0 Å². The van der Waals surface area contributed by atoms with Crippen molar-refractivity contribution in [3.63, 3.8) is 0 Å². The molecule has 1 nitrogen and oxygen atoms in total. The summed E-state index contributed by atoms with van der Waals surface area (Å²) in [6.07, 6.45) is 5.28. The summed E-state index contributed by atoms with van der Waals surface area (Å²) < 4.78 is 14.2. The first kappa shape index (κ1) is 13.5. The van der Waals surface area contributed by atoms with Crippen molar-refractivity contribution in [3.8, 4) is 0 Å². The van der Waals surface area contributed by atoms with Crippen LogP contribution in [0.3, 0.4) is 0 Å². The third-order valence-corrected chi connectivity index (χ3v) is 4.50. The number of aryl methyl sites for hydroxylation is 2. The van der Waals surface area contributed by atoms with Gasteiger partial charge in [-0.05, 0) is 62.6 Å². The SMILES string of the molecule is CCC1CCC(N)(c2c(C)cc(C)cc2F)CC1. The Morgan fingerprint density at radius 1 is 1.28 bits per heavy atom. The molecule has 2 rings (SSSR count). The lowest BCUT2D eigenvalue weighted by Gasteiger charge is -2.38. The molecule has 2 heteroatoms. The second-order valence-electron chi connectivity index (χ2n) is 5.95. The first-order chi connectivity index (χ1) is 8.46. The van der Waals surface area contributed by atoms with Crippen LogP contribution in [0.4, 0.5) is 4.39 Å². The molecule has 0 spiro atoms. The highest BCUT2D eigenvalue weighted by Crippen LogP contribution is 2.40. The summed E-state index contributed by atoms with van der Waals surface area (Å²) >= 11 is 0. The molecule has 0 unspecified atom stereocenters. The van der Waals surface area contributed by atoms with Crippen molar-refractivity contribution in [1.29, 1.82) is 0 Å². The predicted molar refractivity (Wildman–Crippen MR) is 74.0 cm³/mol. The molecule has 1 aliphatic carbocycles. The van der Waals surface area contributed by atoms with Crippen LogP contribution in [0.2, 0.25) is 0 Å². The molecule has 1 fully saturated rings. The second-order valence-corrected chi connectivity index (χ2v) is 5.95. The molecular weight excluding hydrogens is 225 g/mol. The van der Waals surface area contributed by atoms with Gasteiger partial charge < -0.3 is 5.73 Å². The molecule has 100 valence electrons. The third-order valence-electron chi connectivity index (χ3n) is 4.50. The van der Waals surface area contributed by atoms with Crippen LogP contribution in [0.5, 0.6) is 0 Å². The number of halogens is 1. The van der Waals surface area contributed by atoms with Crippen LogP contribution in [0, 0.1) is 25.6 Å². The molecule has 0 atom stereocenters. The highest BCUT2D eigenvalue weighted by molar-refractivity contribution is 5.37. The van der Waals surface area contributed by atoms with E-state index in [-0.39, 0.29) is 5.82 Å². The van der Waals surface area contributed by atoms with Crippen molar-refractivity contribution in [1.82, 2.24) is 0 Å². The van der Waals surface area contributed by atoms with E-state index in [0.29, 0.717) is 0 Å². The molecule has 0 aromatic heterocycles. The zero-order chi connectivity index (χ0) is 13.3. The van der Waals surface area contributed by atoms with Crippen LogP contribution in [0.1, 0.15) is 55.7 Å². The van der Waals surface area contributed by atoms with Crippen molar-refractivity contribution in [2.24, 2.45) is 11.7 Å². The van der Waals surface area contributed by atoms with Crippen molar-refractivity contribution in [3.05, 3.63) is 34.6 Å². The van der Waals surface area contributed by atoms with Crippen LogP contribution in [-0.4, -0.2) is 0 Å². The molecule has 0 heterocycles. The Balaban J connectivity index is 2.31. The van der Waals surface area contributed by atoms with Gasteiger partial charge in [0.15, 0.2) is 0 Å². The first-order valence-corrected chi connectivity index (χ1v) is 7.02. The lowest BCUT2D eigenvalue weighted by molar-refractivity contribution is 0.225. The monoisotopic (exact) mass is 249 g/mol. The number of nitrogens with two attached hydrogens (primary N) is 1. The number of rotatable bonds is 2. The van der Waals surface area contributed by atoms with E-state index in [4.69, 9.17) is 5.73 Å². The van der Waals surface area contributed by atoms with Gasteiger partial charge >= 0.3 is 0 Å². The maximum atomic E-state index is 14.2. The Labute approximate surface area is 110 Å². The van der Waals surface area contributed by atoms with E-state index >= 15 is 0 Å². The third kappa shape index (κ3) is 2.44. The minimum atomic E-state index is -0.451. The minimum absolute atomic E-state index is 0.120. The summed E-state index contributed by atoms with van der Waals surface area (Å²) in [6, 6.07) is 3.65. The first-order valence-electron chi connectivity index (χ1n) is 7.02. The molecule has 1 aromatic rings.